The second-order valence-electron chi connectivity index (χ2n) is 4.69. The molecule has 1 amide bonds. The first kappa shape index (κ1) is 13.5. The molecular weight excluding hydrogens is 280 g/mol. The van der Waals surface area contributed by atoms with Gasteiger partial charge in [0, 0.05) is 9.79 Å². The van der Waals surface area contributed by atoms with Gasteiger partial charge >= 0.3 is 0 Å². The van der Waals surface area contributed by atoms with Gasteiger partial charge in [0.15, 0.2) is 0 Å². The number of carbonyl (C=O) groups excluding carboxylic acids is 1. The maximum Gasteiger partial charge on any atom is 0.250 e. The van der Waals surface area contributed by atoms with E-state index in [4.69, 9.17) is 11.5 Å². The number of anilines is 1. The number of carbonyl (C=O) groups is 1. The highest BCUT2D eigenvalue weighted by atomic mass is 32.2. The number of hydrogen-bond donors (Lipinski definition) is 2. The van der Waals surface area contributed by atoms with Crippen LogP contribution in [0.2, 0.25) is 0 Å². The molecule has 3 nitrogen and oxygen atoms in total. The van der Waals surface area contributed by atoms with Crippen molar-refractivity contribution < 1.29 is 4.79 Å². The molecular formula is C17H14N2OS. The molecule has 0 heterocycles. The molecule has 0 saturated carbocycles. The zero-order valence-electron chi connectivity index (χ0n) is 11.2. The number of fused-ring (bicyclic) bond motifs is 1. The zero-order valence-corrected chi connectivity index (χ0v) is 12.1. The van der Waals surface area contributed by atoms with Gasteiger partial charge < -0.3 is 11.5 Å². The largest absolute Gasteiger partial charge is 0.397 e. The van der Waals surface area contributed by atoms with E-state index in [1.165, 1.54) is 22.5 Å². The maximum atomic E-state index is 11.3. The van der Waals surface area contributed by atoms with Gasteiger partial charge in [-0.15, -0.1) is 0 Å². The van der Waals surface area contributed by atoms with Gasteiger partial charge in [0.05, 0.1) is 11.3 Å². The van der Waals surface area contributed by atoms with Crippen molar-refractivity contribution in [2.75, 3.05) is 5.73 Å². The number of hydrogen-bond acceptors (Lipinski definition) is 3. The molecule has 0 aliphatic rings. The van der Waals surface area contributed by atoms with Crippen molar-refractivity contribution in [3.63, 3.8) is 0 Å². The first-order valence-electron chi connectivity index (χ1n) is 6.50. The average Bonchev–Trinajstić information content (AvgIpc) is 2.49. The fraction of sp³-hybridized carbons (Fsp3) is 0. The highest BCUT2D eigenvalue weighted by Gasteiger charge is 2.10. The van der Waals surface area contributed by atoms with Crippen LogP contribution in [0, 0.1) is 0 Å². The summed E-state index contributed by atoms with van der Waals surface area (Å²) in [6.45, 7) is 0. The van der Waals surface area contributed by atoms with Gasteiger partial charge in [0.1, 0.15) is 0 Å². The van der Waals surface area contributed by atoms with Crippen molar-refractivity contribution in [1.82, 2.24) is 0 Å². The quantitative estimate of drug-likeness (QED) is 0.724. The Hall–Kier alpha value is -2.46. The van der Waals surface area contributed by atoms with Gasteiger partial charge in [0.2, 0.25) is 0 Å². The molecule has 0 fully saturated rings. The molecule has 0 unspecified atom stereocenters. The van der Waals surface area contributed by atoms with Crippen LogP contribution in [-0.4, -0.2) is 5.91 Å². The second-order valence-corrected chi connectivity index (χ2v) is 5.81. The van der Waals surface area contributed by atoms with Crippen LogP contribution in [0.5, 0.6) is 0 Å². The summed E-state index contributed by atoms with van der Waals surface area (Å²) in [5.74, 6) is -0.506. The molecule has 0 saturated heterocycles. The summed E-state index contributed by atoms with van der Waals surface area (Å²) >= 11 is 1.53. The summed E-state index contributed by atoms with van der Waals surface area (Å²) in [5.41, 5.74) is 12.1. The predicted octanol–water partition coefficient (Wildman–Crippen LogP) is 3.67. The minimum absolute atomic E-state index is 0.362. The third kappa shape index (κ3) is 2.71. The molecule has 4 heteroatoms. The van der Waals surface area contributed by atoms with Gasteiger partial charge in [-0.3, -0.25) is 4.79 Å². The smallest absolute Gasteiger partial charge is 0.250 e. The predicted molar refractivity (Wildman–Crippen MR) is 87.4 cm³/mol. The topological polar surface area (TPSA) is 69.1 Å². The lowest BCUT2D eigenvalue weighted by Crippen LogP contribution is -2.13. The van der Waals surface area contributed by atoms with E-state index >= 15 is 0 Å². The number of rotatable bonds is 3. The van der Waals surface area contributed by atoms with Crippen LogP contribution in [0.15, 0.2) is 70.5 Å². The van der Waals surface area contributed by atoms with Crippen molar-refractivity contribution in [3.05, 3.63) is 66.2 Å². The number of amides is 1. The Labute approximate surface area is 126 Å². The first-order valence-corrected chi connectivity index (χ1v) is 7.32. The van der Waals surface area contributed by atoms with Crippen LogP contribution >= 0.6 is 11.8 Å². The summed E-state index contributed by atoms with van der Waals surface area (Å²) in [6.07, 6.45) is 0. The third-order valence-corrected chi connectivity index (χ3v) is 4.35. The standard InChI is InChI=1S/C17H14N2OS/c18-16-14(17(19)20)6-3-7-15(16)21-13-9-8-11-4-1-2-5-12(11)10-13/h1-10H,18H2,(H2,19,20). The Morgan fingerprint density at radius 2 is 1.67 bits per heavy atom. The molecule has 4 N–H and O–H groups in total. The van der Waals surface area contributed by atoms with E-state index in [1.807, 2.05) is 24.3 Å². The van der Waals surface area contributed by atoms with E-state index in [0.29, 0.717) is 11.3 Å². The van der Waals surface area contributed by atoms with Gasteiger partial charge in [-0.05, 0) is 35.0 Å². The second kappa shape index (κ2) is 5.50. The Bertz CT molecular complexity index is 830. The van der Waals surface area contributed by atoms with Crippen LogP contribution in [0.1, 0.15) is 10.4 Å². The van der Waals surface area contributed by atoms with E-state index in [9.17, 15) is 4.79 Å². The van der Waals surface area contributed by atoms with Gasteiger partial charge in [-0.1, -0.05) is 48.2 Å². The lowest BCUT2D eigenvalue weighted by Gasteiger charge is -2.09. The van der Waals surface area contributed by atoms with Crippen molar-refractivity contribution in [3.8, 4) is 0 Å². The van der Waals surface area contributed by atoms with Crippen molar-refractivity contribution >= 4 is 34.1 Å². The molecule has 0 spiro atoms. The number of benzene rings is 3. The highest BCUT2D eigenvalue weighted by Crippen LogP contribution is 2.35. The van der Waals surface area contributed by atoms with Crippen molar-refractivity contribution in [2.45, 2.75) is 9.79 Å². The van der Waals surface area contributed by atoms with Crippen molar-refractivity contribution in [1.29, 1.82) is 0 Å². The number of nitrogens with two attached hydrogens (primary N) is 2. The molecule has 0 aliphatic heterocycles. The number of para-hydroxylation sites is 1. The molecule has 104 valence electrons. The Morgan fingerprint density at radius 1 is 0.905 bits per heavy atom. The summed E-state index contributed by atoms with van der Waals surface area (Å²) in [7, 11) is 0. The summed E-state index contributed by atoms with van der Waals surface area (Å²) < 4.78 is 0. The normalized spacial score (nSPS) is 10.7. The summed E-state index contributed by atoms with van der Waals surface area (Å²) in [6, 6.07) is 19.7. The van der Waals surface area contributed by atoms with Crippen LogP contribution in [0.25, 0.3) is 10.8 Å². The molecule has 0 bridgehead atoms. The SMILES string of the molecule is NC(=O)c1cccc(Sc2ccc3ccccc3c2)c1N. The van der Waals surface area contributed by atoms with Crippen LogP contribution in [-0.2, 0) is 0 Å². The molecule has 0 atom stereocenters. The minimum Gasteiger partial charge on any atom is -0.397 e. The van der Waals surface area contributed by atoms with Crippen LogP contribution < -0.4 is 11.5 Å². The summed E-state index contributed by atoms with van der Waals surface area (Å²) in [5, 5.41) is 2.37. The third-order valence-electron chi connectivity index (χ3n) is 3.28. The van der Waals surface area contributed by atoms with Gasteiger partial charge in [-0.2, -0.15) is 0 Å². The van der Waals surface area contributed by atoms with Crippen LogP contribution in [0.3, 0.4) is 0 Å². The van der Waals surface area contributed by atoms with E-state index < -0.39 is 5.91 Å². The zero-order chi connectivity index (χ0) is 14.8. The summed E-state index contributed by atoms with van der Waals surface area (Å²) in [4.78, 5) is 13.2. The molecule has 3 aromatic carbocycles. The maximum absolute atomic E-state index is 11.3. The molecule has 3 rings (SSSR count). The molecule has 0 radical (unpaired) electrons. The minimum atomic E-state index is -0.506. The Morgan fingerprint density at radius 3 is 2.43 bits per heavy atom. The average molecular weight is 294 g/mol. The monoisotopic (exact) mass is 294 g/mol. The lowest BCUT2D eigenvalue weighted by molar-refractivity contribution is 0.100. The molecule has 21 heavy (non-hydrogen) atoms. The first-order chi connectivity index (χ1) is 10.1. The number of primary amides is 1. The fourth-order valence-corrected chi connectivity index (χ4v) is 3.15. The van der Waals surface area contributed by atoms with Gasteiger partial charge in [0.25, 0.3) is 5.91 Å². The number of nitrogen functional groups attached to an aromatic ring is 1. The van der Waals surface area contributed by atoms with E-state index in [-0.39, 0.29) is 0 Å². The molecule has 3 aromatic rings. The molecule has 0 aromatic heterocycles. The van der Waals surface area contributed by atoms with E-state index in [0.717, 1.165) is 9.79 Å². The van der Waals surface area contributed by atoms with Crippen molar-refractivity contribution in [2.24, 2.45) is 5.73 Å². The fourth-order valence-electron chi connectivity index (χ4n) is 2.21. The lowest BCUT2D eigenvalue weighted by atomic mass is 10.1. The van der Waals surface area contributed by atoms with Crippen LogP contribution in [0.4, 0.5) is 5.69 Å². The Kier molecular flexibility index (Phi) is 3.54. The molecule has 0 aliphatic carbocycles. The Balaban J connectivity index is 1.98. The van der Waals surface area contributed by atoms with E-state index in [2.05, 4.69) is 24.3 Å². The van der Waals surface area contributed by atoms with Gasteiger partial charge in [-0.25, -0.2) is 0 Å². The highest BCUT2D eigenvalue weighted by molar-refractivity contribution is 7.99. The van der Waals surface area contributed by atoms with E-state index in [1.54, 1.807) is 12.1 Å².